The SMILES string of the molecule is COc1cc(C)c(C)cc1S(=O)(=O)NCC(=O)NCc1ccco1. The summed E-state index contributed by atoms with van der Waals surface area (Å²) in [6, 6.07) is 6.60. The standard InChI is InChI=1S/C16H20N2O5S/c1-11-7-14(22-3)15(8-12(11)2)24(20,21)18-10-16(19)17-9-13-5-4-6-23-13/h4-8,18H,9-10H2,1-3H3,(H,17,19). The van der Waals surface area contributed by atoms with Crippen LogP contribution in [0, 0.1) is 13.8 Å². The molecule has 1 heterocycles. The molecule has 1 aromatic heterocycles. The molecule has 0 aliphatic rings. The monoisotopic (exact) mass is 352 g/mol. The molecule has 0 saturated carbocycles. The molecule has 0 aliphatic heterocycles. The van der Waals surface area contributed by atoms with Crippen molar-refractivity contribution in [2.45, 2.75) is 25.3 Å². The quantitative estimate of drug-likeness (QED) is 0.787. The molecule has 2 N–H and O–H groups in total. The summed E-state index contributed by atoms with van der Waals surface area (Å²) in [5.74, 6) is 0.362. The van der Waals surface area contributed by atoms with E-state index >= 15 is 0 Å². The third kappa shape index (κ3) is 4.36. The Kier molecular flexibility index (Phi) is 5.63. The summed E-state index contributed by atoms with van der Waals surface area (Å²) < 4.78 is 37.3. The third-order valence-electron chi connectivity index (χ3n) is 3.53. The van der Waals surface area contributed by atoms with Crippen molar-refractivity contribution >= 4 is 15.9 Å². The van der Waals surface area contributed by atoms with Crippen LogP contribution in [0.2, 0.25) is 0 Å². The van der Waals surface area contributed by atoms with Crippen molar-refractivity contribution in [3.8, 4) is 5.75 Å². The van der Waals surface area contributed by atoms with Gasteiger partial charge in [-0.15, -0.1) is 0 Å². The molecule has 130 valence electrons. The summed E-state index contributed by atoms with van der Waals surface area (Å²) >= 11 is 0. The topological polar surface area (TPSA) is 97.6 Å². The second kappa shape index (κ2) is 7.50. The van der Waals surface area contributed by atoms with Crippen LogP contribution in [0.25, 0.3) is 0 Å². The van der Waals surface area contributed by atoms with E-state index in [0.717, 1.165) is 11.1 Å². The maximum Gasteiger partial charge on any atom is 0.244 e. The fourth-order valence-corrected chi connectivity index (χ4v) is 3.25. The van der Waals surface area contributed by atoms with Gasteiger partial charge in [-0.25, -0.2) is 13.1 Å². The third-order valence-corrected chi connectivity index (χ3v) is 4.95. The molecule has 7 nitrogen and oxygen atoms in total. The van der Waals surface area contributed by atoms with Crippen molar-refractivity contribution < 1.29 is 22.4 Å². The summed E-state index contributed by atoms with van der Waals surface area (Å²) in [5, 5.41) is 2.57. The summed E-state index contributed by atoms with van der Waals surface area (Å²) in [7, 11) is -2.47. The molecule has 1 aromatic carbocycles. The molecule has 0 spiro atoms. The van der Waals surface area contributed by atoms with Crippen molar-refractivity contribution in [2.24, 2.45) is 0 Å². The summed E-state index contributed by atoms with van der Waals surface area (Å²) in [6.45, 7) is 3.49. The first kappa shape index (κ1) is 18.0. The lowest BCUT2D eigenvalue weighted by Crippen LogP contribution is -2.36. The average Bonchev–Trinajstić information content (AvgIpc) is 3.06. The zero-order valence-corrected chi connectivity index (χ0v) is 14.6. The molecule has 0 unspecified atom stereocenters. The summed E-state index contributed by atoms with van der Waals surface area (Å²) in [4.78, 5) is 11.8. The number of carbonyl (C=O) groups is 1. The van der Waals surface area contributed by atoms with E-state index in [2.05, 4.69) is 10.0 Å². The fourth-order valence-electron chi connectivity index (χ4n) is 2.03. The van der Waals surface area contributed by atoms with E-state index in [1.165, 1.54) is 19.4 Å². The van der Waals surface area contributed by atoms with E-state index in [-0.39, 0.29) is 23.7 Å². The zero-order valence-electron chi connectivity index (χ0n) is 13.8. The highest BCUT2D eigenvalue weighted by atomic mass is 32.2. The van der Waals surface area contributed by atoms with Gasteiger partial charge in [0.25, 0.3) is 0 Å². The lowest BCUT2D eigenvalue weighted by Gasteiger charge is -2.13. The Morgan fingerprint density at radius 3 is 2.58 bits per heavy atom. The van der Waals surface area contributed by atoms with Gasteiger partial charge >= 0.3 is 0 Å². The molecule has 1 amide bonds. The van der Waals surface area contributed by atoms with E-state index in [9.17, 15) is 13.2 Å². The maximum absolute atomic E-state index is 12.4. The molecule has 0 saturated heterocycles. The number of methoxy groups -OCH3 is 1. The predicted octanol–water partition coefficient (Wildman–Crippen LogP) is 1.50. The minimum absolute atomic E-state index is 0.00642. The van der Waals surface area contributed by atoms with E-state index in [4.69, 9.17) is 9.15 Å². The van der Waals surface area contributed by atoms with Crippen molar-refractivity contribution in [3.05, 3.63) is 47.4 Å². The van der Waals surface area contributed by atoms with Crippen LogP contribution in [0.5, 0.6) is 5.75 Å². The van der Waals surface area contributed by atoms with Crippen molar-refractivity contribution in [3.63, 3.8) is 0 Å². The highest BCUT2D eigenvalue weighted by Gasteiger charge is 2.21. The van der Waals surface area contributed by atoms with Gasteiger partial charge in [-0.1, -0.05) is 0 Å². The molecule has 0 atom stereocenters. The maximum atomic E-state index is 12.4. The van der Waals surface area contributed by atoms with Gasteiger partial charge in [-0.2, -0.15) is 0 Å². The average molecular weight is 352 g/mol. The molecule has 24 heavy (non-hydrogen) atoms. The molecule has 0 aliphatic carbocycles. The van der Waals surface area contributed by atoms with Gasteiger partial charge in [0.05, 0.1) is 26.5 Å². The number of benzene rings is 1. The number of sulfonamides is 1. The number of hydrogen-bond acceptors (Lipinski definition) is 5. The molecule has 2 aromatic rings. The van der Waals surface area contributed by atoms with Crippen LogP contribution < -0.4 is 14.8 Å². The second-order valence-corrected chi connectivity index (χ2v) is 7.00. The molecular weight excluding hydrogens is 332 g/mol. The molecular formula is C16H20N2O5S. The minimum atomic E-state index is -3.87. The number of aryl methyl sites for hydroxylation is 2. The lowest BCUT2D eigenvalue weighted by molar-refractivity contribution is -0.120. The highest BCUT2D eigenvalue weighted by molar-refractivity contribution is 7.89. The highest BCUT2D eigenvalue weighted by Crippen LogP contribution is 2.27. The van der Waals surface area contributed by atoms with Gasteiger partial charge in [0.1, 0.15) is 16.4 Å². The normalized spacial score (nSPS) is 11.3. The van der Waals surface area contributed by atoms with Crippen LogP contribution in [-0.2, 0) is 21.4 Å². The Labute approximate surface area is 141 Å². The van der Waals surface area contributed by atoms with E-state index in [1.807, 2.05) is 13.8 Å². The number of ether oxygens (including phenoxy) is 1. The minimum Gasteiger partial charge on any atom is -0.495 e. The van der Waals surface area contributed by atoms with Gasteiger partial charge in [-0.05, 0) is 49.2 Å². The summed E-state index contributed by atoms with van der Waals surface area (Å²) in [6.07, 6.45) is 1.50. The number of carbonyl (C=O) groups excluding carboxylic acids is 1. The lowest BCUT2D eigenvalue weighted by atomic mass is 10.1. The number of amides is 1. The molecule has 8 heteroatoms. The largest absolute Gasteiger partial charge is 0.495 e. The van der Waals surface area contributed by atoms with Crippen molar-refractivity contribution in [1.29, 1.82) is 0 Å². The van der Waals surface area contributed by atoms with Gasteiger partial charge in [0, 0.05) is 0 Å². The van der Waals surface area contributed by atoms with E-state index in [0.29, 0.717) is 5.76 Å². The first-order valence-corrected chi connectivity index (χ1v) is 8.76. The van der Waals surface area contributed by atoms with E-state index in [1.54, 1.807) is 18.2 Å². The first-order chi connectivity index (χ1) is 11.3. The Bertz CT molecular complexity index is 813. The number of rotatable bonds is 7. The van der Waals surface area contributed by atoms with Crippen LogP contribution in [0.15, 0.2) is 39.8 Å². The summed E-state index contributed by atoms with van der Waals surface area (Å²) in [5.41, 5.74) is 1.74. The van der Waals surface area contributed by atoms with Gasteiger partial charge in [0.15, 0.2) is 0 Å². The number of furan rings is 1. The molecule has 0 fully saturated rings. The van der Waals surface area contributed by atoms with Crippen LogP contribution in [0.4, 0.5) is 0 Å². The molecule has 0 radical (unpaired) electrons. The Hall–Kier alpha value is -2.32. The second-order valence-electron chi connectivity index (χ2n) is 5.27. The zero-order chi connectivity index (χ0) is 17.7. The molecule has 2 rings (SSSR count). The van der Waals surface area contributed by atoms with Crippen molar-refractivity contribution in [2.75, 3.05) is 13.7 Å². The van der Waals surface area contributed by atoms with Crippen LogP contribution in [-0.4, -0.2) is 28.0 Å². The van der Waals surface area contributed by atoms with Crippen molar-refractivity contribution in [1.82, 2.24) is 10.0 Å². The fraction of sp³-hybridized carbons (Fsp3) is 0.312. The van der Waals surface area contributed by atoms with E-state index < -0.39 is 15.9 Å². The smallest absolute Gasteiger partial charge is 0.244 e. The van der Waals surface area contributed by atoms with Gasteiger partial charge in [0.2, 0.25) is 15.9 Å². The first-order valence-electron chi connectivity index (χ1n) is 7.27. The van der Waals surface area contributed by atoms with Crippen LogP contribution >= 0.6 is 0 Å². The number of nitrogens with one attached hydrogen (secondary N) is 2. The number of hydrogen-bond donors (Lipinski definition) is 2. The Balaban J connectivity index is 2.03. The Morgan fingerprint density at radius 2 is 1.96 bits per heavy atom. The van der Waals surface area contributed by atoms with Gasteiger partial charge in [-0.3, -0.25) is 4.79 Å². The molecule has 0 bridgehead atoms. The Morgan fingerprint density at radius 1 is 1.25 bits per heavy atom. The van der Waals surface area contributed by atoms with Crippen LogP contribution in [0.3, 0.4) is 0 Å². The predicted molar refractivity (Wildman–Crippen MR) is 88.2 cm³/mol. The van der Waals surface area contributed by atoms with Crippen LogP contribution in [0.1, 0.15) is 16.9 Å². The van der Waals surface area contributed by atoms with Gasteiger partial charge < -0.3 is 14.5 Å².